The molecule has 2 nitrogen and oxygen atoms in total. The van der Waals surface area contributed by atoms with E-state index in [1.165, 1.54) is 53.8 Å². The van der Waals surface area contributed by atoms with Gasteiger partial charge in [-0.3, -0.25) is 0 Å². The Bertz CT molecular complexity index is 1070. The van der Waals surface area contributed by atoms with Crippen LogP contribution in [0.2, 0.25) is 0 Å². The minimum atomic E-state index is 0.435. The van der Waals surface area contributed by atoms with Crippen molar-refractivity contribution in [3.63, 3.8) is 0 Å². The maximum absolute atomic E-state index is 4.69. The minimum Gasteiger partial charge on any atom is -0.382 e. The van der Waals surface area contributed by atoms with Crippen molar-refractivity contribution < 1.29 is 0 Å². The van der Waals surface area contributed by atoms with Crippen molar-refractivity contribution in [2.24, 2.45) is 11.8 Å². The topological polar surface area (TPSA) is 15.3 Å². The van der Waals surface area contributed by atoms with Gasteiger partial charge in [0.2, 0.25) is 0 Å². The first kappa shape index (κ1) is 24.3. The highest BCUT2D eigenvalue weighted by atomic mass is 32.1. The summed E-state index contributed by atoms with van der Waals surface area (Å²) in [5, 5.41) is 4.00. The van der Waals surface area contributed by atoms with Gasteiger partial charge in [-0.15, -0.1) is 12.6 Å². The lowest BCUT2D eigenvalue weighted by molar-refractivity contribution is 0.462. The molecule has 3 unspecified atom stereocenters. The van der Waals surface area contributed by atoms with Crippen LogP contribution in [0, 0.1) is 11.8 Å². The first-order valence-corrected chi connectivity index (χ1v) is 14.1. The largest absolute Gasteiger partial charge is 0.382 e. The Kier molecular flexibility index (Phi) is 8.03. The van der Waals surface area contributed by atoms with E-state index in [0.29, 0.717) is 17.9 Å². The zero-order chi connectivity index (χ0) is 24.0. The SMILES string of the molecule is CC1C/C=C\CN(/C=C/C2=C(S)C=CCC2)C2=CCCC(NC3C=CC(C4=CCCC=C4)CC3)=C21. The fourth-order valence-electron chi connectivity index (χ4n) is 5.94. The number of thiol groups is 1. The van der Waals surface area contributed by atoms with E-state index in [1.807, 2.05) is 0 Å². The van der Waals surface area contributed by atoms with Gasteiger partial charge in [0.05, 0.1) is 0 Å². The van der Waals surface area contributed by atoms with Crippen molar-refractivity contribution in [2.75, 3.05) is 6.54 Å². The number of rotatable bonds is 5. The molecule has 0 radical (unpaired) electrons. The summed E-state index contributed by atoms with van der Waals surface area (Å²) in [6, 6.07) is 0.435. The molecule has 0 aromatic rings. The molecule has 0 saturated carbocycles. The van der Waals surface area contributed by atoms with Gasteiger partial charge in [-0.1, -0.05) is 67.7 Å². The Labute approximate surface area is 217 Å². The van der Waals surface area contributed by atoms with E-state index in [2.05, 4.69) is 103 Å². The number of nitrogens with one attached hydrogen (secondary N) is 1. The zero-order valence-corrected chi connectivity index (χ0v) is 22.0. The summed E-state index contributed by atoms with van der Waals surface area (Å²) in [5.74, 6) is 1.10. The molecule has 0 saturated heterocycles. The summed E-state index contributed by atoms with van der Waals surface area (Å²) in [6.07, 6.45) is 38.4. The molecule has 0 amide bonds. The third kappa shape index (κ3) is 5.89. The number of fused-ring (bicyclic) bond motifs is 1. The Morgan fingerprint density at radius 2 is 1.86 bits per heavy atom. The summed E-state index contributed by atoms with van der Waals surface area (Å²) in [5.41, 5.74) is 7.23. The van der Waals surface area contributed by atoms with Crippen LogP contribution < -0.4 is 5.32 Å². The van der Waals surface area contributed by atoms with Crippen LogP contribution in [-0.4, -0.2) is 17.5 Å². The zero-order valence-electron chi connectivity index (χ0n) is 21.1. The van der Waals surface area contributed by atoms with Crippen LogP contribution in [0.15, 0.2) is 106 Å². The molecule has 0 aromatic carbocycles. The number of nitrogens with zero attached hydrogens (tertiary/aromatic N) is 1. The van der Waals surface area contributed by atoms with Gasteiger partial charge in [0.1, 0.15) is 0 Å². The van der Waals surface area contributed by atoms with Crippen LogP contribution in [0.1, 0.15) is 64.7 Å². The van der Waals surface area contributed by atoms with E-state index in [1.54, 1.807) is 0 Å². The second kappa shape index (κ2) is 11.6. The van der Waals surface area contributed by atoms with Crippen LogP contribution in [0.25, 0.3) is 0 Å². The predicted molar refractivity (Wildman–Crippen MR) is 153 cm³/mol. The second-order valence-electron chi connectivity index (χ2n) is 10.5. The molecule has 0 bridgehead atoms. The van der Waals surface area contributed by atoms with E-state index >= 15 is 0 Å². The monoisotopic (exact) mass is 484 g/mol. The molecule has 4 aliphatic carbocycles. The van der Waals surface area contributed by atoms with Crippen LogP contribution >= 0.6 is 12.6 Å². The molecule has 1 heterocycles. The Morgan fingerprint density at radius 3 is 2.66 bits per heavy atom. The normalized spacial score (nSPS) is 30.1. The third-order valence-electron chi connectivity index (χ3n) is 7.91. The van der Waals surface area contributed by atoms with Crippen LogP contribution in [0.3, 0.4) is 0 Å². The van der Waals surface area contributed by atoms with Crippen molar-refractivity contribution in [1.82, 2.24) is 10.2 Å². The molecule has 5 aliphatic rings. The summed E-state index contributed by atoms with van der Waals surface area (Å²) in [7, 11) is 0. The van der Waals surface area contributed by atoms with Gasteiger partial charge in [-0.25, -0.2) is 0 Å². The molecule has 3 atom stereocenters. The summed E-state index contributed by atoms with van der Waals surface area (Å²) in [6.45, 7) is 3.31. The molecular weight excluding hydrogens is 444 g/mol. The maximum atomic E-state index is 4.69. The summed E-state index contributed by atoms with van der Waals surface area (Å²) in [4.78, 5) is 3.55. The van der Waals surface area contributed by atoms with Crippen molar-refractivity contribution in [3.8, 4) is 0 Å². The van der Waals surface area contributed by atoms with E-state index in [-0.39, 0.29) is 0 Å². The van der Waals surface area contributed by atoms with Crippen molar-refractivity contribution >= 4 is 12.6 Å². The Balaban J connectivity index is 1.36. The minimum absolute atomic E-state index is 0.435. The predicted octanol–water partition coefficient (Wildman–Crippen LogP) is 8.06. The number of hydrogen-bond acceptors (Lipinski definition) is 3. The van der Waals surface area contributed by atoms with Crippen LogP contribution in [0.5, 0.6) is 0 Å². The lowest BCUT2D eigenvalue weighted by atomic mass is 9.83. The molecule has 5 rings (SSSR count). The van der Waals surface area contributed by atoms with Gasteiger partial charge in [-0.05, 0) is 86.5 Å². The van der Waals surface area contributed by atoms with Gasteiger partial charge < -0.3 is 10.2 Å². The lowest BCUT2D eigenvalue weighted by Crippen LogP contribution is -2.34. The molecular formula is C32H40N2S. The van der Waals surface area contributed by atoms with Crippen molar-refractivity contribution in [1.29, 1.82) is 0 Å². The molecule has 0 fully saturated rings. The van der Waals surface area contributed by atoms with Gasteiger partial charge in [0, 0.05) is 41.0 Å². The Hall–Kier alpha value is -2.39. The number of allylic oxidation sites excluding steroid dienone is 13. The van der Waals surface area contributed by atoms with Crippen molar-refractivity contribution in [3.05, 3.63) is 106 Å². The fourth-order valence-corrected chi connectivity index (χ4v) is 6.23. The highest BCUT2D eigenvalue weighted by Crippen LogP contribution is 2.36. The van der Waals surface area contributed by atoms with E-state index in [4.69, 9.17) is 0 Å². The third-order valence-corrected chi connectivity index (χ3v) is 8.35. The average Bonchev–Trinajstić information content (AvgIpc) is 2.89. The van der Waals surface area contributed by atoms with E-state index in [0.717, 1.165) is 43.6 Å². The van der Waals surface area contributed by atoms with E-state index < -0.39 is 0 Å². The van der Waals surface area contributed by atoms with E-state index in [9.17, 15) is 0 Å². The van der Waals surface area contributed by atoms with Crippen LogP contribution in [0.4, 0.5) is 0 Å². The second-order valence-corrected chi connectivity index (χ2v) is 10.9. The molecule has 35 heavy (non-hydrogen) atoms. The standard InChI is InChI=1S/C32H40N2S/c1-24-10-7-8-22-34(23-21-27-13-5-6-16-31(27)35)30-15-9-14-29(32(24)30)33-28-19-17-26(18-20-28)25-11-3-2-4-12-25/h3,6-8,11-12,15-17,19,21,23-24,26,28,33,35H,2,4-5,9-10,13-14,18,20,22H2,1H3/b8-7-,23-21+. The molecule has 0 spiro atoms. The lowest BCUT2D eigenvalue weighted by Gasteiger charge is -2.36. The van der Waals surface area contributed by atoms with Crippen LogP contribution in [-0.2, 0) is 0 Å². The molecule has 1 N–H and O–H groups in total. The smallest absolute Gasteiger partial charge is 0.0442 e. The maximum Gasteiger partial charge on any atom is 0.0442 e. The fraction of sp³-hybridized carbons (Fsp3) is 0.438. The van der Waals surface area contributed by atoms with Crippen molar-refractivity contribution in [2.45, 2.75) is 70.8 Å². The summed E-state index contributed by atoms with van der Waals surface area (Å²) >= 11 is 4.69. The molecule has 1 aliphatic heterocycles. The average molecular weight is 485 g/mol. The van der Waals surface area contributed by atoms with Gasteiger partial charge in [-0.2, -0.15) is 0 Å². The van der Waals surface area contributed by atoms with Gasteiger partial charge >= 0.3 is 0 Å². The quantitative estimate of drug-likeness (QED) is 0.303. The molecule has 184 valence electrons. The Morgan fingerprint density at radius 1 is 0.943 bits per heavy atom. The molecule has 3 heteroatoms. The molecule has 0 aromatic heterocycles. The van der Waals surface area contributed by atoms with Gasteiger partial charge in [0.25, 0.3) is 0 Å². The highest BCUT2D eigenvalue weighted by molar-refractivity contribution is 7.84. The van der Waals surface area contributed by atoms with Gasteiger partial charge in [0.15, 0.2) is 0 Å². The first-order chi connectivity index (χ1) is 17.2. The highest BCUT2D eigenvalue weighted by Gasteiger charge is 2.27. The number of hydrogen-bond donors (Lipinski definition) is 2. The summed E-state index contributed by atoms with van der Waals surface area (Å²) < 4.78 is 0. The first-order valence-electron chi connectivity index (χ1n) is 13.6.